The van der Waals surface area contributed by atoms with E-state index in [2.05, 4.69) is 70.2 Å². The van der Waals surface area contributed by atoms with Crippen molar-refractivity contribution in [1.29, 1.82) is 0 Å². The van der Waals surface area contributed by atoms with E-state index in [-0.39, 0.29) is 13.6 Å². The lowest BCUT2D eigenvalue weighted by Gasteiger charge is -2.32. The van der Waals surface area contributed by atoms with Crippen molar-refractivity contribution in [2.45, 2.75) is 38.9 Å². The number of benzene rings is 4. The van der Waals surface area contributed by atoms with Crippen molar-refractivity contribution in [3.63, 3.8) is 0 Å². The van der Waals surface area contributed by atoms with Crippen LogP contribution in [0.5, 0.6) is 11.5 Å². The molecule has 37 heavy (non-hydrogen) atoms. The Kier molecular flexibility index (Phi) is 6.90. The first-order chi connectivity index (χ1) is 17.8. The van der Waals surface area contributed by atoms with E-state index in [9.17, 15) is 0 Å². The predicted molar refractivity (Wildman–Crippen MR) is 148 cm³/mol. The van der Waals surface area contributed by atoms with Crippen LogP contribution < -0.4 is 14.9 Å². The van der Waals surface area contributed by atoms with Crippen LogP contribution in [0.4, 0.5) is 0 Å². The molecular weight excluding hydrogens is 467 g/mol. The highest BCUT2D eigenvalue weighted by atomic mass is 16.7. The first-order valence-corrected chi connectivity index (χ1v) is 12.4. The van der Waals surface area contributed by atoms with Crippen LogP contribution in [0, 0.1) is 0 Å². The number of fused-ring (bicyclic) bond motifs is 2. The molecule has 1 aliphatic rings. The second kappa shape index (κ2) is 9.99. The van der Waals surface area contributed by atoms with Crippen molar-refractivity contribution >= 4 is 34.1 Å². The van der Waals surface area contributed by atoms with Crippen molar-refractivity contribution in [1.82, 2.24) is 0 Å². The van der Waals surface area contributed by atoms with Gasteiger partial charge in [-0.2, -0.15) is 0 Å². The molecule has 1 aliphatic heterocycles. The lowest BCUT2D eigenvalue weighted by Crippen LogP contribution is -2.41. The van der Waals surface area contributed by atoms with Gasteiger partial charge in [0, 0.05) is 25.3 Å². The molecule has 4 aromatic carbocycles. The predicted octanol–water partition coefficient (Wildman–Crippen LogP) is 5.92. The van der Waals surface area contributed by atoms with Gasteiger partial charge in [-0.1, -0.05) is 54.6 Å². The lowest BCUT2D eigenvalue weighted by molar-refractivity contribution is 0.00578. The van der Waals surface area contributed by atoms with Gasteiger partial charge in [-0.05, 0) is 66.8 Å². The summed E-state index contributed by atoms with van der Waals surface area (Å²) in [6, 6.07) is 22.6. The van der Waals surface area contributed by atoms with E-state index < -0.39 is 18.3 Å². The van der Waals surface area contributed by atoms with E-state index >= 15 is 0 Å². The molecule has 1 saturated heterocycles. The SMILES string of the molecule is COCOc1ccc2ccccc2c1-c1c(OCOC)ccc2cc(B3OC(C)(C)C(C)(C)O3)ccc12. The first kappa shape index (κ1) is 25.6. The van der Waals surface area contributed by atoms with E-state index in [1.165, 1.54) is 0 Å². The number of ether oxygens (including phenoxy) is 4. The maximum absolute atomic E-state index is 6.31. The molecule has 7 heteroatoms. The van der Waals surface area contributed by atoms with Crippen molar-refractivity contribution in [2.75, 3.05) is 27.8 Å². The lowest BCUT2D eigenvalue weighted by atomic mass is 9.77. The zero-order valence-corrected chi connectivity index (χ0v) is 22.3. The molecule has 0 aromatic heterocycles. The molecule has 1 heterocycles. The molecule has 0 N–H and O–H groups in total. The Labute approximate surface area is 218 Å². The Bertz CT molecular complexity index is 1410. The Hall–Kier alpha value is -3.10. The fourth-order valence-electron chi connectivity index (χ4n) is 4.71. The highest BCUT2D eigenvalue weighted by Crippen LogP contribution is 2.45. The van der Waals surface area contributed by atoms with Crippen LogP contribution in [-0.2, 0) is 18.8 Å². The molecule has 1 fully saturated rings. The molecule has 0 radical (unpaired) electrons. The number of hydrogen-bond acceptors (Lipinski definition) is 6. The fourth-order valence-corrected chi connectivity index (χ4v) is 4.71. The van der Waals surface area contributed by atoms with Gasteiger partial charge in [0.2, 0.25) is 0 Å². The average molecular weight is 500 g/mol. The zero-order valence-electron chi connectivity index (χ0n) is 22.3. The molecular formula is C30H33BO6. The topological polar surface area (TPSA) is 55.4 Å². The van der Waals surface area contributed by atoms with Gasteiger partial charge in [0.15, 0.2) is 13.6 Å². The van der Waals surface area contributed by atoms with E-state index in [0.717, 1.165) is 38.1 Å². The summed E-state index contributed by atoms with van der Waals surface area (Å²) >= 11 is 0. The van der Waals surface area contributed by atoms with Crippen LogP contribution >= 0.6 is 0 Å². The second-order valence-corrected chi connectivity index (χ2v) is 10.3. The molecule has 6 nitrogen and oxygen atoms in total. The van der Waals surface area contributed by atoms with Crippen LogP contribution in [0.2, 0.25) is 0 Å². The van der Waals surface area contributed by atoms with E-state index in [1.807, 2.05) is 24.3 Å². The molecule has 4 aromatic rings. The first-order valence-electron chi connectivity index (χ1n) is 12.4. The number of rotatable bonds is 8. The summed E-state index contributed by atoms with van der Waals surface area (Å²) < 4.78 is 35.3. The van der Waals surface area contributed by atoms with E-state index in [1.54, 1.807) is 14.2 Å². The minimum absolute atomic E-state index is 0.129. The van der Waals surface area contributed by atoms with E-state index in [0.29, 0.717) is 11.5 Å². The van der Waals surface area contributed by atoms with Gasteiger partial charge in [0.25, 0.3) is 0 Å². The van der Waals surface area contributed by atoms with Crippen LogP contribution in [0.25, 0.3) is 32.7 Å². The molecule has 0 saturated carbocycles. The van der Waals surface area contributed by atoms with Crippen molar-refractivity contribution in [2.24, 2.45) is 0 Å². The summed E-state index contributed by atoms with van der Waals surface area (Å²) in [5, 5.41) is 4.22. The van der Waals surface area contributed by atoms with Gasteiger partial charge in [-0.3, -0.25) is 0 Å². The van der Waals surface area contributed by atoms with Crippen LogP contribution in [-0.4, -0.2) is 46.1 Å². The molecule has 0 aliphatic carbocycles. The standard InChI is InChI=1S/C30H33BO6/c1-29(2)30(3,4)37-31(36-29)22-13-14-24-21(17-22)12-16-26(35-19-33-6)28(24)27-23-10-8-7-9-20(23)11-15-25(27)34-18-32-5/h7-17H,18-19H2,1-6H3. The number of methoxy groups -OCH3 is 2. The summed E-state index contributed by atoms with van der Waals surface area (Å²) in [6.45, 7) is 8.52. The summed E-state index contributed by atoms with van der Waals surface area (Å²) in [4.78, 5) is 0. The molecule has 0 atom stereocenters. The normalized spacial score (nSPS) is 16.4. The van der Waals surface area contributed by atoms with E-state index in [4.69, 9.17) is 28.3 Å². The Morgan fingerprint density at radius 1 is 0.649 bits per heavy atom. The highest BCUT2D eigenvalue weighted by Gasteiger charge is 2.51. The third-order valence-electron chi connectivity index (χ3n) is 7.34. The zero-order chi connectivity index (χ0) is 26.2. The number of hydrogen-bond donors (Lipinski definition) is 0. The summed E-state index contributed by atoms with van der Waals surface area (Å²) in [5.41, 5.74) is 2.02. The maximum atomic E-state index is 6.31. The van der Waals surface area contributed by atoms with Gasteiger partial charge in [0.1, 0.15) is 11.5 Å². The Balaban J connectivity index is 1.72. The third kappa shape index (κ3) is 4.68. The van der Waals surface area contributed by atoms with Gasteiger partial charge in [-0.25, -0.2) is 0 Å². The summed E-state index contributed by atoms with van der Waals surface area (Å²) in [5.74, 6) is 1.42. The van der Waals surface area contributed by atoms with Gasteiger partial charge >= 0.3 is 7.12 Å². The van der Waals surface area contributed by atoms with Crippen molar-refractivity contribution < 1.29 is 28.3 Å². The van der Waals surface area contributed by atoms with Crippen LogP contribution in [0.1, 0.15) is 27.7 Å². The fraction of sp³-hybridized carbons (Fsp3) is 0.333. The molecule has 0 amide bonds. The van der Waals surface area contributed by atoms with Crippen molar-refractivity contribution in [3.8, 4) is 22.6 Å². The third-order valence-corrected chi connectivity index (χ3v) is 7.34. The molecule has 5 rings (SSSR count). The Morgan fingerprint density at radius 2 is 1.19 bits per heavy atom. The van der Waals surface area contributed by atoms with Crippen molar-refractivity contribution in [3.05, 3.63) is 66.7 Å². The molecule has 0 spiro atoms. The Morgan fingerprint density at radius 3 is 1.78 bits per heavy atom. The molecule has 192 valence electrons. The maximum Gasteiger partial charge on any atom is 0.494 e. The summed E-state index contributed by atoms with van der Waals surface area (Å²) in [6.07, 6.45) is 0. The monoisotopic (exact) mass is 500 g/mol. The smallest absolute Gasteiger partial charge is 0.467 e. The quantitative estimate of drug-likeness (QED) is 0.221. The molecule has 0 bridgehead atoms. The van der Waals surface area contributed by atoms with Gasteiger partial charge in [0.05, 0.1) is 11.2 Å². The highest BCUT2D eigenvalue weighted by molar-refractivity contribution is 6.62. The minimum atomic E-state index is -0.444. The second-order valence-electron chi connectivity index (χ2n) is 10.3. The van der Waals surface area contributed by atoms with Crippen LogP contribution in [0.3, 0.4) is 0 Å². The summed E-state index contributed by atoms with van der Waals surface area (Å²) in [7, 11) is 2.78. The average Bonchev–Trinajstić information content (AvgIpc) is 3.11. The largest absolute Gasteiger partial charge is 0.494 e. The van der Waals surface area contributed by atoms with Crippen LogP contribution in [0.15, 0.2) is 66.7 Å². The minimum Gasteiger partial charge on any atom is -0.467 e. The van der Waals surface area contributed by atoms with Gasteiger partial charge in [-0.15, -0.1) is 0 Å². The molecule has 0 unspecified atom stereocenters. The van der Waals surface area contributed by atoms with Gasteiger partial charge < -0.3 is 28.3 Å².